The van der Waals surface area contributed by atoms with E-state index < -0.39 is 0 Å². The van der Waals surface area contributed by atoms with E-state index in [-0.39, 0.29) is 36.6 Å². The van der Waals surface area contributed by atoms with E-state index in [2.05, 4.69) is 31.2 Å². The fraction of sp³-hybridized carbons (Fsp3) is 0.550. The molecule has 0 bridgehead atoms. The van der Waals surface area contributed by atoms with Gasteiger partial charge < -0.3 is 38.1 Å². The van der Waals surface area contributed by atoms with Crippen molar-refractivity contribution in [2.75, 3.05) is 41.3 Å². The molecule has 0 radical (unpaired) electrons. The van der Waals surface area contributed by atoms with Crippen molar-refractivity contribution < 1.29 is 0 Å². The van der Waals surface area contributed by atoms with Crippen LogP contribution in [0.2, 0.25) is 0 Å². The second-order valence-corrected chi connectivity index (χ2v) is 9.38. The molecule has 0 aliphatic carbocycles. The molecule has 4 rings (SSSR count). The van der Waals surface area contributed by atoms with Crippen molar-refractivity contribution in [2.24, 2.45) is 22.9 Å². The molecule has 2 aliphatic heterocycles. The van der Waals surface area contributed by atoms with Crippen LogP contribution in [0.25, 0.3) is 0 Å². The maximum atomic E-state index is 6.20. The molecule has 2 fully saturated rings. The minimum Gasteiger partial charge on any atom is -0.350 e. The highest BCUT2D eigenvalue weighted by Crippen LogP contribution is 2.23. The van der Waals surface area contributed by atoms with Crippen LogP contribution in [-0.2, 0) is 6.54 Å². The van der Waals surface area contributed by atoms with E-state index in [4.69, 9.17) is 27.9 Å². The Balaban J connectivity index is 0.00000289. The van der Waals surface area contributed by atoms with Crippen molar-refractivity contribution >= 4 is 46.2 Å². The van der Waals surface area contributed by atoms with Gasteiger partial charge in [-0.1, -0.05) is 34.1 Å². The van der Waals surface area contributed by atoms with Crippen molar-refractivity contribution in [3.63, 3.8) is 0 Å². The molecule has 0 unspecified atom stereocenters. The average Bonchev–Trinajstić information content (AvgIpc) is 2.71. The zero-order valence-electron chi connectivity index (χ0n) is 17.9. The van der Waals surface area contributed by atoms with Gasteiger partial charge in [0.05, 0.1) is 0 Å². The number of piperidine rings is 2. The molecule has 3 heterocycles. The van der Waals surface area contributed by atoms with Crippen molar-refractivity contribution in [3.05, 3.63) is 34.3 Å². The Morgan fingerprint density at radius 3 is 1.75 bits per heavy atom. The van der Waals surface area contributed by atoms with Crippen LogP contribution in [0.4, 0.5) is 17.8 Å². The quantitative estimate of drug-likeness (QED) is 0.368. The zero-order chi connectivity index (χ0) is 22.0. The highest BCUT2D eigenvalue weighted by atomic mass is 79.9. The topological polar surface area (TPSA) is 161 Å². The van der Waals surface area contributed by atoms with Gasteiger partial charge in [-0.25, -0.2) is 0 Å². The number of nitrogens with one attached hydrogen (secondary N) is 1. The minimum absolute atomic E-state index is 0. The fourth-order valence-electron chi connectivity index (χ4n) is 4.22. The van der Waals surface area contributed by atoms with Crippen molar-refractivity contribution in [1.29, 1.82) is 0 Å². The zero-order valence-corrected chi connectivity index (χ0v) is 20.3. The van der Waals surface area contributed by atoms with E-state index in [9.17, 15) is 0 Å². The number of rotatable bonds is 5. The Hall–Kier alpha value is -1.76. The van der Waals surface area contributed by atoms with Crippen molar-refractivity contribution in [2.45, 2.75) is 43.6 Å². The van der Waals surface area contributed by atoms with Crippen LogP contribution in [0.1, 0.15) is 18.4 Å². The number of anilines is 3. The maximum absolute atomic E-state index is 6.20. The second kappa shape index (κ2) is 10.9. The van der Waals surface area contributed by atoms with E-state index in [1.165, 1.54) is 0 Å². The summed E-state index contributed by atoms with van der Waals surface area (Å²) >= 11 is 3.59. The van der Waals surface area contributed by atoms with Crippen LogP contribution in [0.3, 0.4) is 0 Å². The average molecular weight is 528 g/mol. The monoisotopic (exact) mass is 526 g/mol. The molecule has 32 heavy (non-hydrogen) atoms. The van der Waals surface area contributed by atoms with E-state index in [1.807, 2.05) is 34.1 Å². The maximum Gasteiger partial charge on any atom is 0.232 e. The Bertz CT molecular complexity index is 838. The Kier molecular flexibility index (Phi) is 8.48. The van der Waals surface area contributed by atoms with Gasteiger partial charge in [0, 0.05) is 61.4 Å². The number of halogens is 2. The lowest BCUT2D eigenvalue weighted by molar-refractivity contribution is 0.441. The SMILES string of the molecule is Cl.N[C@@H]1C[C@H](N)CN(c2nc(NCc3ccccc3Br)nc(N3C[C@H](N)C[C@H](N)C3)n2)C1. The number of aromatic nitrogens is 3. The lowest BCUT2D eigenvalue weighted by atomic mass is 10.0. The molecule has 2 saturated heterocycles. The molecular weight excluding hydrogens is 496 g/mol. The fourth-order valence-corrected chi connectivity index (χ4v) is 4.64. The van der Waals surface area contributed by atoms with Gasteiger partial charge in [0.15, 0.2) is 0 Å². The van der Waals surface area contributed by atoms with E-state index in [0.29, 0.717) is 50.6 Å². The molecular formula is C20H32BrClN10. The lowest BCUT2D eigenvalue weighted by Crippen LogP contribution is -2.54. The first-order valence-corrected chi connectivity index (χ1v) is 11.4. The number of hydrogen-bond donors (Lipinski definition) is 5. The molecule has 2 aromatic rings. The first-order chi connectivity index (χ1) is 14.9. The minimum atomic E-state index is -0.0162. The number of nitrogens with zero attached hydrogens (tertiary/aromatic N) is 5. The standard InChI is InChI=1S/C20H31BrN10.ClH/c21-17-4-2-1-3-12(17)7-26-18-27-19(30-8-13(22)5-14(23)9-30)29-20(28-18)31-10-15(24)6-16(25)11-31;/h1-4,13-16H,5-11,22-25H2,(H,26,27,28,29);1H/t13-,14+,15-,16+;. The summed E-state index contributed by atoms with van der Waals surface area (Å²) in [4.78, 5) is 18.2. The predicted molar refractivity (Wildman–Crippen MR) is 134 cm³/mol. The molecule has 10 nitrogen and oxygen atoms in total. The predicted octanol–water partition coefficient (Wildman–Crippen LogP) is 0.397. The van der Waals surface area contributed by atoms with Gasteiger partial charge >= 0.3 is 0 Å². The highest BCUT2D eigenvalue weighted by molar-refractivity contribution is 9.10. The third-order valence-electron chi connectivity index (χ3n) is 5.60. The molecule has 176 valence electrons. The molecule has 1 aromatic carbocycles. The Labute approximate surface area is 203 Å². The third kappa shape index (κ3) is 6.18. The second-order valence-electron chi connectivity index (χ2n) is 8.53. The van der Waals surface area contributed by atoms with E-state index >= 15 is 0 Å². The summed E-state index contributed by atoms with van der Waals surface area (Å²) in [6.07, 6.45) is 1.58. The molecule has 1 aromatic heterocycles. The van der Waals surface area contributed by atoms with Gasteiger partial charge in [-0.05, 0) is 24.5 Å². The summed E-state index contributed by atoms with van der Waals surface area (Å²) in [5, 5.41) is 3.34. The van der Waals surface area contributed by atoms with Gasteiger partial charge in [0.2, 0.25) is 17.8 Å². The third-order valence-corrected chi connectivity index (χ3v) is 6.38. The molecule has 4 atom stereocenters. The molecule has 0 saturated carbocycles. The molecule has 0 spiro atoms. The van der Waals surface area contributed by atoms with E-state index in [0.717, 1.165) is 22.9 Å². The normalized spacial score (nSPS) is 25.9. The van der Waals surface area contributed by atoms with Crippen molar-refractivity contribution in [1.82, 2.24) is 15.0 Å². The van der Waals surface area contributed by atoms with Gasteiger partial charge in [-0.15, -0.1) is 12.4 Å². The largest absolute Gasteiger partial charge is 0.350 e. The number of hydrogen-bond acceptors (Lipinski definition) is 10. The van der Waals surface area contributed by atoms with Crippen LogP contribution >= 0.6 is 28.3 Å². The summed E-state index contributed by atoms with van der Waals surface area (Å²) < 4.78 is 1.03. The van der Waals surface area contributed by atoms with Crippen LogP contribution in [0.5, 0.6) is 0 Å². The summed E-state index contributed by atoms with van der Waals surface area (Å²) in [5.41, 5.74) is 25.9. The Morgan fingerprint density at radius 2 is 1.28 bits per heavy atom. The van der Waals surface area contributed by atoms with Crippen LogP contribution in [0.15, 0.2) is 28.7 Å². The van der Waals surface area contributed by atoms with Crippen molar-refractivity contribution in [3.8, 4) is 0 Å². The highest BCUT2D eigenvalue weighted by Gasteiger charge is 2.28. The van der Waals surface area contributed by atoms with Gasteiger partial charge in [0.25, 0.3) is 0 Å². The molecule has 0 amide bonds. The van der Waals surface area contributed by atoms with Crippen LogP contribution in [-0.4, -0.2) is 65.3 Å². The summed E-state index contributed by atoms with van der Waals surface area (Å²) in [6, 6.07) is 7.97. The molecule has 12 heteroatoms. The van der Waals surface area contributed by atoms with E-state index in [1.54, 1.807) is 0 Å². The summed E-state index contributed by atoms with van der Waals surface area (Å²) in [7, 11) is 0. The lowest BCUT2D eigenvalue weighted by Gasteiger charge is -2.37. The van der Waals surface area contributed by atoms with Crippen LogP contribution < -0.4 is 38.1 Å². The van der Waals surface area contributed by atoms with Gasteiger partial charge in [-0.3, -0.25) is 0 Å². The molecule has 9 N–H and O–H groups in total. The smallest absolute Gasteiger partial charge is 0.232 e. The summed E-state index contributed by atoms with van der Waals surface area (Å²) in [6.45, 7) is 3.18. The Morgan fingerprint density at radius 1 is 0.812 bits per heavy atom. The first-order valence-electron chi connectivity index (χ1n) is 10.6. The van der Waals surface area contributed by atoms with Gasteiger partial charge in [-0.2, -0.15) is 15.0 Å². The number of benzene rings is 1. The first kappa shape index (κ1) is 24.9. The number of nitrogens with two attached hydrogens (primary N) is 4. The van der Waals surface area contributed by atoms with Crippen LogP contribution in [0, 0.1) is 0 Å². The molecule has 2 aliphatic rings. The summed E-state index contributed by atoms with van der Waals surface area (Å²) in [5.74, 6) is 1.63. The van der Waals surface area contributed by atoms with Gasteiger partial charge in [0.1, 0.15) is 0 Å².